The summed E-state index contributed by atoms with van der Waals surface area (Å²) in [6.45, 7) is 4.91. The maximum Gasteiger partial charge on any atom is 0.256 e. The molecule has 0 unspecified atom stereocenters. The molecule has 0 saturated carbocycles. The Kier molecular flexibility index (Phi) is 3.85. The van der Waals surface area contributed by atoms with Gasteiger partial charge in [-0.2, -0.15) is 0 Å². The quantitative estimate of drug-likeness (QED) is 0.699. The van der Waals surface area contributed by atoms with Crippen LogP contribution < -0.4 is 4.90 Å². The average molecular weight is 343 g/mol. The van der Waals surface area contributed by atoms with Crippen LogP contribution in [-0.4, -0.2) is 61.6 Å². The summed E-state index contributed by atoms with van der Waals surface area (Å²) in [5.74, 6) is 1.74. The Labute approximate surface area is 142 Å². The van der Waals surface area contributed by atoms with E-state index in [-0.39, 0.29) is 5.91 Å². The van der Waals surface area contributed by atoms with Gasteiger partial charge in [-0.05, 0) is 13.0 Å². The summed E-state index contributed by atoms with van der Waals surface area (Å²) < 4.78 is 1.87. The fraction of sp³-hybridized carbons (Fsp3) is 0.400. The Morgan fingerprint density at radius 1 is 1.29 bits per heavy atom. The maximum atomic E-state index is 12.4. The van der Waals surface area contributed by atoms with Crippen LogP contribution in [0, 0.1) is 6.92 Å². The first-order valence-corrected chi connectivity index (χ1v) is 8.67. The van der Waals surface area contributed by atoms with E-state index in [1.165, 1.54) is 0 Å². The predicted octanol–water partition coefficient (Wildman–Crippen LogP) is 0.781. The number of aromatic nitrogens is 5. The summed E-state index contributed by atoms with van der Waals surface area (Å²) in [7, 11) is 0. The van der Waals surface area contributed by atoms with Gasteiger partial charge in [0, 0.05) is 37.8 Å². The van der Waals surface area contributed by atoms with Crippen LogP contribution in [0.3, 0.4) is 0 Å². The predicted molar refractivity (Wildman–Crippen MR) is 90.1 cm³/mol. The van der Waals surface area contributed by atoms with Crippen molar-refractivity contribution in [1.82, 2.24) is 29.5 Å². The first kappa shape index (κ1) is 15.0. The molecule has 4 heterocycles. The van der Waals surface area contributed by atoms with Gasteiger partial charge >= 0.3 is 0 Å². The molecule has 1 aliphatic heterocycles. The molecule has 4 rings (SSSR count). The van der Waals surface area contributed by atoms with Gasteiger partial charge in [-0.15, -0.1) is 21.5 Å². The highest BCUT2D eigenvalue weighted by Gasteiger charge is 2.23. The zero-order chi connectivity index (χ0) is 16.5. The molecule has 0 N–H and O–H groups in total. The zero-order valence-electron chi connectivity index (χ0n) is 13.3. The van der Waals surface area contributed by atoms with E-state index in [4.69, 9.17) is 0 Å². The van der Waals surface area contributed by atoms with Crippen LogP contribution in [0.5, 0.6) is 0 Å². The normalized spacial score (nSPS) is 15.2. The van der Waals surface area contributed by atoms with Gasteiger partial charge in [0.2, 0.25) is 5.91 Å². The van der Waals surface area contributed by atoms with Crippen LogP contribution in [0.2, 0.25) is 0 Å². The number of nitrogens with zero attached hydrogens (tertiary/aromatic N) is 7. The average Bonchev–Trinajstić information content (AvgIpc) is 3.23. The van der Waals surface area contributed by atoms with Crippen LogP contribution >= 0.6 is 11.3 Å². The Morgan fingerprint density at radius 2 is 2.12 bits per heavy atom. The highest BCUT2D eigenvalue weighted by atomic mass is 32.1. The first-order valence-electron chi connectivity index (χ1n) is 7.79. The molecular weight excluding hydrogens is 326 g/mol. The van der Waals surface area contributed by atoms with Gasteiger partial charge in [0.25, 0.3) is 5.78 Å². The number of hydrogen-bond donors (Lipinski definition) is 0. The summed E-state index contributed by atoms with van der Waals surface area (Å²) in [6.07, 6.45) is 3.79. The van der Waals surface area contributed by atoms with E-state index in [2.05, 4.69) is 25.1 Å². The molecule has 1 saturated heterocycles. The smallest absolute Gasteiger partial charge is 0.256 e. The van der Waals surface area contributed by atoms with Gasteiger partial charge in [0.15, 0.2) is 0 Å². The number of amides is 1. The van der Waals surface area contributed by atoms with Gasteiger partial charge in [-0.3, -0.25) is 9.20 Å². The molecule has 0 atom stereocenters. The van der Waals surface area contributed by atoms with Crippen molar-refractivity contribution in [2.75, 3.05) is 31.1 Å². The van der Waals surface area contributed by atoms with E-state index in [0.29, 0.717) is 25.3 Å². The van der Waals surface area contributed by atoms with Gasteiger partial charge in [0.05, 0.1) is 17.1 Å². The van der Waals surface area contributed by atoms with E-state index in [1.807, 2.05) is 27.7 Å². The number of carbonyl (C=O) groups is 1. The molecule has 8 nitrogen and oxygen atoms in total. The minimum absolute atomic E-state index is 0.143. The van der Waals surface area contributed by atoms with Gasteiger partial charge < -0.3 is 9.80 Å². The summed E-state index contributed by atoms with van der Waals surface area (Å²) in [5.41, 5.74) is 0.866. The van der Waals surface area contributed by atoms with Crippen molar-refractivity contribution in [2.24, 2.45) is 0 Å². The summed E-state index contributed by atoms with van der Waals surface area (Å²) in [6, 6.07) is 1.95. The fourth-order valence-electron chi connectivity index (χ4n) is 2.93. The first-order chi connectivity index (χ1) is 11.7. The SMILES string of the molecule is Cc1nc(CC(=O)N2CCN(c3ccnc4nncn34)CC2)cs1. The third-order valence-electron chi connectivity index (χ3n) is 4.15. The molecule has 0 spiro atoms. The second kappa shape index (κ2) is 6.16. The molecule has 124 valence electrons. The van der Waals surface area contributed by atoms with E-state index in [1.54, 1.807) is 23.9 Å². The number of rotatable bonds is 3. The van der Waals surface area contributed by atoms with Crippen molar-refractivity contribution >= 4 is 28.8 Å². The van der Waals surface area contributed by atoms with Crippen LogP contribution in [0.1, 0.15) is 10.7 Å². The number of piperazine rings is 1. The van der Waals surface area contributed by atoms with Crippen LogP contribution in [0.4, 0.5) is 5.82 Å². The molecule has 0 radical (unpaired) electrons. The number of thiazole rings is 1. The minimum Gasteiger partial charge on any atom is -0.354 e. The van der Waals surface area contributed by atoms with Crippen LogP contribution in [0.25, 0.3) is 5.78 Å². The lowest BCUT2D eigenvalue weighted by molar-refractivity contribution is -0.130. The Hall–Kier alpha value is -2.55. The number of aryl methyl sites for hydroxylation is 1. The molecule has 24 heavy (non-hydrogen) atoms. The van der Waals surface area contributed by atoms with E-state index in [9.17, 15) is 4.79 Å². The molecule has 1 aliphatic rings. The Balaban J connectivity index is 1.41. The van der Waals surface area contributed by atoms with Gasteiger partial charge in [0.1, 0.15) is 12.1 Å². The topological polar surface area (TPSA) is 79.5 Å². The lowest BCUT2D eigenvalue weighted by Crippen LogP contribution is -2.49. The number of carbonyl (C=O) groups excluding carboxylic acids is 1. The second-order valence-corrected chi connectivity index (χ2v) is 6.77. The second-order valence-electron chi connectivity index (χ2n) is 5.71. The van der Waals surface area contributed by atoms with Crippen molar-refractivity contribution in [1.29, 1.82) is 0 Å². The molecule has 0 aromatic carbocycles. The highest BCUT2D eigenvalue weighted by Crippen LogP contribution is 2.17. The monoisotopic (exact) mass is 343 g/mol. The lowest BCUT2D eigenvalue weighted by Gasteiger charge is -2.36. The van der Waals surface area contributed by atoms with Gasteiger partial charge in [-0.25, -0.2) is 9.97 Å². The van der Waals surface area contributed by atoms with Crippen molar-refractivity contribution in [3.05, 3.63) is 34.7 Å². The molecular formula is C15H17N7OS. The maximum absolute atomic E-state index is 12.4. The number of fused-ring (bicyclic) bond motifs is 1. The Morgan fingerprint density at radius 3 is 2.88 bits per heavy atom. The fourth-order valence-corrected chi connectivity index (χ4v) is 3.54. The third kappa shape index (κ3) is 2.82. The van der Waals surface area contributed by atoms with Crippen molar-refractivity contribution in [3.63, 3.8) is 0 Å². The third-order valence-corrected chi connectivity index (χ3v) is 4.97. The van der Waals surface area contributed by atoms with E-state index >= 15 is 0 Å². The van der Waals surface area contributed by atoms with E-state index in [0.717, 1.165) is 29.6 Å². The number of hydrogen-bond acceptors (Lipinski definition) is 7. The molecule has 9 heteroatoms. The standard InChI is InChI=1S/C15H17N7OS/c1-11-18-12(9-24-11)8-14(23)21-6-4-20(5-7-21)13-2-3-16-15-19-17-10-22(13)15/h2-3,9-10H,4-8H2,1H3. The van der Waals surface area contributed by atoms with E-state index < -0.39 is 0 Å². The van der Waals surface area contributed by atoms with Crippen LogP contribution in [-0.2, 0) is 11.2 Å². The summed E-state index contributed by atoms with van der Waals surface area (Å²) >= 11 is 1.58. The molecule has 3 aromatic heterocycles. The van der Waals surface area contributed by atoms with Gasteiger partial charge in [-0.1, -0.05) is 0 Å². The molecule has 0 aliphatic carbocycles. The number of anilines is 1. The molecule has 0 bridgehead atoms. The summed E-state index contributed by atoms with van der Waals surface area (Å²) in [4.78, 5) is 25.1. The molecule has 1 amide bonds. The highest BCUT2D eigenvalue weighted by molar-refractivity contribution is 7.09. The van der Waals surface area contributed by atoms with Crippen LogP contribution in [0.15, 0.2) is 24.0 Å². The molecule has 1 fully saturated rings. The Bertz CT molecular complexity index is 865. The lowest BCUT2D eigenvalue weighted by atomic mass is 10.2. The van der Waals surface area contributed by atoms with Crippen molar-refractivity contribution < 1.29 is 4.79 Å². The molecule has 3 aromatic rings. The largest absolute Gasteiger partial charge is 0.354 e. The van der Waals surface area contributed by atoms with Crippen molar-refractivity contribution in [3.8, 4) is 0 Å². The minimum atomic E-state index is 0.143. The van der Waals surface area contributed by atoms with Crippen molar-refractivity contribution in [2.45, 2.75) is 13.3 Å². The zero-order valence-corrected chi connectivity index (χ0v) is 14.1. The summed E-state index contributed by atoms with van der Waals surface area (Å²) in [5, 5.41) is 10.8.